The van der Waals surface area contributed by atoms with Gasteiger partial charge in [0.15, 0.2) is 0 Å². The third-order valence-electron chi connectivity index (χ3n) is 15.7. The molecule has 7 heteroatoms. The van der Waals surface area contributed by atoms with Gasteiger partial charge in [-0.3, -0.25) is 0 Å². The molecule has 0 radical (unpaired) electrons. The second-order valence-electron chi connectivity index (χ2n) is 21.4. The van der Waals surface area contributed by atoms with Gasteiger partial charge < -0.3 is 19.4 Å². The maximum Gasteiger partial charge on any atom is 2.00 e. The quantitative estimate of drug-likeness (QED) is 0.0309. The molecule has 9 rings (SSSR count). The van der Waals surface area contributed by atoms with Crippen LogP contribution in [0.15, 0.2) is 109 Å². The van der Waals surface area contributed by atoms with Crippen molar-refractivity contribution in [3.05, 3.63) is 109 Å². The van der Waals surface area contributed by atoms with Crippen LogP contribution in [0.2, 0.25) is 0 Å². The summed E-state index contributed by atoms with van der Waals surface area (Å²) in [7, 11) is 0. The Hall–Kier alpha value is -5.26. The van der Waals surface area contributed by atoms with E-state index in [-0.39, 0.29) is 19.5 Å². The van der Waals surface area contributed by atoms with Gasteiger partial charge in [0.25, 0.3) is 0 Å². The predicted octanol–water partition coefficient (Wildman–Crippen LogP) is 20.3. The van der Waals surface area contributed by atoms with Gasteiger partial charge in [0.1, 0.15) is 22.9 Å². The van der Waals surface area contributed by atoms with E-state index in [9.17, 15) is 0 Å². The smallest absolute Gasteiger partial charge is 0.654 e. The first kappa shape index (κ1) is 56.0. The molecular weight excluding hydrogens is 970 g/mol. The van der Waals surface area contributed by atoms with Crippen molar-refractivity contribution in [3.63, 3.8) is 0 Å². The normalized spacial score (nSPS) is 11.8. The Morgan fingerprint density at radius 2 is 0.613 bits per heavy atom. The second kappa shape index (κ2) is 29.9. The minimum Gasteiger partial charge on any atom is -0.654 e. The third kappa shape index (κ3) is 14.6. The van der Waals surface area contributed by atoms with Crippen molar-refractivity contribution in [2.75, 3.05) is 13.2 Å². The van der Waals surface area contributed by atoms with Gasteiger partial charge in [-0.1, -0.05) is 289 Å². The fourth-order valence-electron chi connectivity index (χ4n) is 11.4. The van der Waals surface area contributed by atoms with Crippen molar-refractivity contribution in [1.82, 2.24) is 19.9 Å². The maximum absolute atomic E-state index is 7.03. The van der Waals surface area contributed by atoms with Crippen LogP contribution >= 0.6 is 0 Å². The number of fused-ring (bicyclic) bond motifs is 20. The molecule has 0 amide bonds. The average Bonchev–Trinajstić information content (AvgIpc) is 4.21. The van der Waals surface area contributed by atoms with E-state index in [0.29, 0.717) is 13.2 Å². The molecular formula is C68H84N4O2Zn. The van der Waals surface area contributed by atoms with Crippen LogP contribution in [0.1, 0.15) is 194 Å². The number of aromatic nitrogens is 4. The Labute approximate surface area is 462 Å². The van der Waals surface area contributed by atoms with Gasteiger partial charge in [-0.25, -0.2) is 9.97 Å². The van der Waals surface area contributed by atoms with Gasteiger partial charge in [0.05, 0.1) is 24.6 Å². The number of unbranched alkanes of at least 4 members (excludes halogenated alkanes) is 26. The third-order valence-corrected chi connectivity index (χ3v) is 15.7. The Bertz CT molecular complexity index is 2840. The van der Waals surface area contributed by atoms with Gasteiger partial charge >= 0.3 is 19.5 Å². The van der Waals surface area contributed by atoms with Crippen LogP contribution in [-0.2, 0) is 19.5 Å². The van der Waals surface area contributed by atoms with Crippen LogP contribution in [0.25, 0.3) is 88.6 Å². The first-order chi connectivity index (χ1) is 36.7. The standard InChI is InChI=1S/C68H84N4O2.Zn/c1-3-5-7-9-11-13-15-17-19-21-23-25-27-37-47-73-67-63-55-43-33-29-39-51(55)59(69-63)49-61-53-41-31-35-45-57(53)65(71-61)68(74-48-38-28-26-24-22-20-18-16-14-12-10-8-6-4-2)66-58-46-36-32-42-54(58)62(72-66)50-60-52-40-30-34-44-56(52)64(67)70-60;/h29-36,39-46,49-50H,3-28,37-38,47-48H2,1-2H3;/q-2;+2. The van der Waals surface area contributed by atoms with Crippen molar-refractivity contribution in [3.8, 4) is 56.5 Å². The van der Waals surface area contributed by atoms with Crippen molar-refractivity contribution in [2.45, 2.75) is 194 Å². The molecule has 2 aliphatic heterocycles. The summed E-state index contributed by atoms with van der Waals surface area (Å²) in [5.74, 6) is 1.46. The molecule has 0 saturated heterocycles. The largest absolute Gasteiger partial charge is 2.00 e. The molecule has 75 heavy (non-hydrogen) atoms. The molecule has 8 bridgehead atoms. The monoisotopic (exact) mass is 1050 g/mol. The molecule has 2 aliphatic rings. The molecule has 3 aromatic heterocycles. The van der Waals surface area contributed by atoms with E-state index in [2.05, 4.69) is 123 Å². The first-order valence-electron chi connectivity index (χ1n) is 29.7. The SMILES string of the molecule is CCCCCCCCCCCCCCCCOc1c2nc(cc3[n-]c(c(OCCCCCCCCCCCCCCCC)c4nc(cc5[n-]c1c1ccccc51)-c1ccccc1-4)c1ccccc31)-c1ccccc1-2.[Zn+2]. The molecule has 390 valence electrons. The summed E-state index contributed by atoms with van der Waals surface area (Å²) >= 11 is 0. The summed E-state index contributed by atoms with van der Waals surface area (Å²) in [6.45, 7) is 5.79. The van der Waals surface area contributed by atoms with Crippen molar-refractivity contribution in [2.24, 2.45) is 0 Å². The predicted molar refractivity (Wildman–Crippen MR) is 314 cm³/mol. The molecule has 4 aromatic carbocycles. The fraction of sp³-hybridized carbons (Fsp3) is 0.471. The summed E-state index contributed by atoms with van der Waals surface area (Å²) < 4.78 is 14.1. The minimum atomic E-state index is 0. The number of rotatable bonds is 32. The van der Waals surface area contributed by atoms with E-state index in [0.717, 1.165) is 126 Å². The molecule has 7 aromatic rings. The summed E-state index contributed by atoms with van der Waals surface area (Å²) in [5.41, 5.74) is 10.9. The van der Waals surface area contributed by atoms with E-state index < -0.39 is 0 Å². The zero-order valence-corrected chi connectivity index (χ0v) is 48.9. The van der Waals surface area contributed by atoms with Crippen LogP contribution < -0.4 is 19.4 Å². The van der Waals surface area contributed by atoms with Crippen LogP contribution in [0.4, 0.5) is 0 Å². The number of ether oxygens (including phenoxy) is 2. The van der Waals surface area contributed by atoms with E-state index in [1.807, 2.05) is 0 Å². The molecule has 5 heterocycles. The summed E-state index contributed by atoms with van der Waals surface area (Å²) in [6, 6.07) is 38.6. The van der Waals surface area contributed by atoms with Gasteiger partial charge in [-0.2, -0.15) is 0 Å². The van der Waals surface area contributed by atoms with Crippen molar-refractivity contribution < 1.29 is 29.0 Å². The zero-order valence-electron chi connectivity index (χ0n) is 45.9. The maximum atomic E-state index is 7.03. The van der Waals surface area contributed by atoms with Crippen LogP contribution in [0.3, 0.4) is 0 Å². The zero-order chi connectivity index (χ0) is 50.6. The van der Waals surface area contributed by atoms with Crippen LogP contribution in [0, 0.1) is 0 Å². The Kier molecular flexibility index (Phi) is 22.3. The molecule has 0 spiro atoms. The van der Waals surface area contributed by atoms with Crippen molar-refractivity contribution >= 4 is 43.6 Å². The number of hydrogen-bond acceptors (Lipinski definition) is 4. The summed E-state index contributed by atoms with van der Waals surface area (Å²) in [6.07, 6.45) is 36.9. The van der Waals surface area contributed by atoms with E-state index >= 15 is 0 Å². The fourth-order valence-corrected chi connectivity index (χ4v) is 11.4. The Morgan fingerprint density at radius 3 is 0.947 bits per heavy atom. The summed E-state index contributed by atoms with van der Waals surface area (Å²) in [4.78, 5) is 22.0. The minimum absolute atomic E-state index is 0. The van der Waals surface area contributed by atoms with E-state index in [1.165, 1.54) is 154 Å². The average molecular weight is 1050 g/mol. The first-order valence-corrected chi connectivity index (χ1v) is 29.7. The molecule has 0 unspecified atom stereocenters. The number of nitrogens with zero attached hydrogens (tertiary/aromatic N) is 4. The van der Waals surface area contributed by atoms with Gasteiger partial charge in [-0.05, 0) is 46.5 Å². The Balaban J connectivity index is 0.00000747. The molecule has 0 fully saturated rings. The summed E-state index contributed by atoms with van der Waals surface area (Å²) in [5, 5.41) is 4.22. The topological polar surface area (TPSA) is 72.4 Å². The molecule has 0 saturated carbocycles. The molecule has 0 N–H and O–H groups in total. The van der Waals surface area contributed by atoms with E-state index in [4.69, 9.17) is 29.4 Å². The van der Waals surface area contributed by atoms with Gasteiger partial charge in [0, 0.05) is 22.3 Å². The number of hydrogen-bond donors (Lipinski definition) is 0. The number of benzene rings is 4. The van der Waals surface area contributed by atoms with E-state index in [1.54, 1.807) is 0 Å². The second-order valence-corrected chi connectivity index (χ2v) is 21.4. The van der Waals surface area contributed by atoms with Crippen LogP contribution in [0.5, 0.6) is 11.5 Å². The molecule has 6 nitrogen and oxygen atoms in total. The van der Waals surface area contributed by atoms with Crippen molar-refractivity contribution in [1.29, 1.82) is 0 Å². The Morgan fingerprint density at radius 1 is 0.333 bits per heavy atom. The van der Waals surface area contributed by atoms with Gasteiger partial charge in [0.2, 0.25) is 0 Å². The van der Waals surface area contributed by atoms with Gasteiger partial charge in [-0.15, -0.1) is 11.0 Å². The molecule has 0 aliphatic carbocycles. The molecule has 0 atom stereocenters. The van der Waals surface area contributed by atoms with Crippen LogP contribution in [-0.4, -0.2) is 23.2 Å².